The summed E-state index contributed by atoms with van der Waals surface area (Å²) in [6, 6.07) is 8.25. The maximum atomic E-state index is 6.09. The molecule has 0 saturated carbocycles. The Hall–Kier alpha value is -1.10. The molecule has 1 aromatic carbocycles. The van der Waals surface area contributed by atoms with Crippen LogP contribution in [0.2, 0.25) is 0 Å². The van der Waals surface area contributed by atoms with Gasteiger partial charge in [0, 0.05) is 31.8 Å². The lowest BCUT2D eigenvalue weighted by Gasteiger charge is -2.40. The van der Waals surface area contributed by atoms with Gasteiger partial charge in [-0.3, -0.25) is 4.90 Å². The van der Waals surface area contributed by atoms with Gasteiger partial charge in [-0.15, -0.1) is 0 Å². The summed E-state index contributed by atoms with van der Waals surface area (Å²) in [5.74, 6) is 0.896. The van der Waals surface area contributed by atoms with Gasteiger partial charge in [0.25, 0.3) is 0 Å². The normalized spacial score (nSPS) is 23.6. The predicted molar refractivity (Wildman–Crippen MR) is 80.9 cm³/mol. The molecule has 0 spiro atoms. The Bertz CT molecular complexity index is 397. The van der Waals surface area contributed by atoms with Gasteiger partial charge >= 0.3 is 0 Å². The third-order valence-electron chi connectivity index (χ3n) is 4.41. The van der Waals surface area contributed by atoms with E-state index < -0.39 is 0 Å². The first-order valence-corrected chi connectivity index (χ1v) is 7.32. The fourth-order valence-corrected chi connectivity index (χ4v) is 2.91. The summed E-state index contributed by atoms with van der Waals surface area (Å²) < 4.78 is 10.8. The van der Waals surface area contributed by atoms with E-state index in [0.717, 1.165) is 44.8 Å². The van der Waals surface area contributed by atoms with Crippen LogP contribution in [0.4, 0.5) is 0 Å². The van der Waals surface area contributed by atoms with E-state index in [1.54, 1.807) is 7.11 Å². The molecule has 4 nitrogen and oxygen atoms in total. The van der Waals surface area contributed by atoms with E-state index in [1.807, 2.05) is 12.1 Å². The Balaban J connectivity index is 2.05. The van der Waals surface area contributed by atoms with E-state index in [2.05, 4.69) is 24.1 Å². The Kier molecular flexibility index (Phi) is 5.40. The molecule has 1 aliphatic heterocycles. The lowest BCUT2D eigenvalue weighted by molar-refractivity contribution is 0.0835. The van der Waals surface area contributed by atoms with Crippen molar-refractivity contribution < 1.29 is 9.47 Å². The van der Waals surface area contributed by atoms with Crippen LogP contribution in [0.25, 0.3) is 0 Å². The Morgan fingerprint density at radius 2 is 2.00 bits per heavy atom. The molecule has 1 saturated heterocycles. The van der Waals surface area contributed by atoms with E-state index in [0.29, 0.717) is 6.54 Å². The number of hydrogen-bond donors (Lipinski definition) is 1. The maximum Gasteiger partial charge on any atom is 0.118 e. The molecule has 4 heteroatoms. The van der Waals surface area contributed by atoms with E-state index in [4.69, 9.17) is 15.2 Å². The highest BCUT2D eigenvalue weighted by Gasteiger charge is 2.33. The summed E-state index contributed by atoms with van der Waals surface area (Å²) in [5.41, 5.74) is 7.44. The van der Waals surface area contributed by atoms with Crippen LogP contribution in [0.3, 0.4) is 0 Å². The standard InChI is InChI=1S/C16H26N2O2/c1-18(12-14-4-6-15(19-2)7-5-14)16(13-17)8-3-10-20-11-9-16/h4-7H,3,8-13,17H2,1-2H3. The molecule has 1 fully saturated rings. The van der Waals surface area contributed by atoms with Crippen molar-refractivity contribution in [3.05, 3.63) is 29.8 Å². The molecular weight excluding hydrogens is 252 g/mol. The van der Waals surface area contributed by atoms with Gasteiger partial charge in [-0.05, 0) is 44.0 Å². The van der Waals surface area contributed by atoms with Crippen molar-refractivity contribution in [1.29, 1.82) is 0 Å². The van der Waals surface area contributed by atoms with Gasteiger partial charge in [0.05, 0.1) is 7.11 Å². The monoisotopic (exact) mass is 278 g/mol. The zero-order valence-electron chi connectivity index (χ0n) is 12.6. The second kappa shape index (κ2) is 7.07. The average Bonchev–Trinajstić information content (AvgIpc) is 2.74. The molecular formula is C16H26N2O2. The number of ether oxygens (including phenoxy) is 2. The molecule has 0 aliphatic carbocycles. The van der Waals surface area contributed by atoms with Gasteiger partial charge in [-0.2, -0.15) is 0 Å². The number of nitrogens with two attached hydrogens (primary N) is 1. The largest absolute Gasteiger partial charge is 0.497 e. The second-order valence-electron chi connectivity index (χ2n) is 5.60. The molecule has 1 heterocycles. The molecule has 1 aromatic rings. The highest BCUT2D eigenvalue weighted by molar-refractivity contribution is 5.27. The first kappa shape index (κ1) is 15.3. The third kappa shape index (κ3) is 3.51. The second-order valence-corrected chi connectivity index (χ2v) is 5.60. The molecule has 112 valence electrons. The molecule has 1 unspecified atom stereocenters. The predicted octanol–water partition coefficient (Wildman–Crippen LogP) is 2.02. The van der Waals surface area contributed by atoms with Crippen molar-refractivity contribution in [3.8, 4) is 5.75 Å². The van der Waals surface area contributed by atoms with Crippen LogP contribution in [-0.4, -0.2) is 44.4 Å². The molecule has 2 N–H and O–H groups in total. The van der Waals surface area contributed by atoms with Crippen molar-refractivity contribution >= 4 is 0 Å². The van der Waals surface area contributed by atoms with E-state index >= 15 is 0 Å². The number of benzene rings is 1. The highest BCUT2D eigenvalue weighted by Crippen LogP contribution is 2.28. The van der Waals surface area contributed by atoms with Crippen molar-refractivity contribution in [1.82, 2.24) is 4.90 Å². The van der Waals surface area contributed by atoms with Crippen LogP contribution in [-0.2, 0) is 11.3 Å². The molecule has 0 bridgehead atoms. The third-order valence-corrected chi connectivity index (χ3v) is 4.41. The fraction of sp³-hybridized carbons (Fsp3) is 0.625. The SMILES string of the molecule is COc1ccc(CN(C)C2(CN)CCCOCC2)cc1. The number of rotatable bonds is 5. The van der Waals surface area contributed by atoms with E-state index in [9.17, 15) is 0 Å². The smallest absolute Gasteiger partial charge is 0.118 e. The molecule has 0 radical (unpaired) electrons. The van der Waals surface area contributed by atoms with Crippen molar-refractivity contribution in [2.24, 2.45) is 5.73 Å². The Morgan fingerprint density at radius 1 is 1.25 bits per heavy atom. The van der Waals surface area contributed by atoms with Crippen LogP contribution in [0.1, 0.15) is 24.8 Å². The van der Waals surface area contributed by atoms with Gasteiger partial charge in [0.2, 0.25) is 0 Å². The summed E-state index contributed by atoms with van der Waals surface area (Å²) in [6.45, 7) is 3.26. The number of likely N-dealkylation sites (N-methyl/N-ethyl adjacent to an activating group) is 1. The van der Waals surface area contributed by atoms with E-state index in [1.165, 1.54) is 5.56 Å². The molecule has 1 atom stereocenters. The Labute approximate surface area is 121 Å². The first-order chi connectivity index (χ1) is 9.70. The maximum absolute atomic E-state index is 6.09. The van der Waals surface area contributed by atoms with Crippen LogP contribution >= 0.6 is 0 Å². The van der Waals surface area contributed by atoms with Gasteiger partial charge in [0.15, 0.2) is 0 Å². The summed E-state index contributed by atoms with van der Waals surface area (Å²) in [4.78, 5) is 2.39. The highest BCUT2D eigenvalue weighted by atomic mass is 16.5. The van der Waals surface area contributed by atoms with E-state index in [-0.39, 0.29) is 5.54 Å². The Morgan fingerprint density at radius 3 is 2.65 bits per heavy atom. The molecule has 1 aliphatic rings. The fourth-order valence-electron chi connectivity index (χ4n) is 2.91. The van der Waals surface area contributed by atoms with Crippen LogP contribution < -0.4 is 10.5 Å². The minimum Gasteiger partial charge on any atom is -0.497 e. The first-order valence-electron chi connectivity index (χ1n) is 7.32. The van der Waals surface area contributed by atoms with Gasteiger partial charge in [-0.25, -0.2) is 0 Å². The summed E-state index contributed by atoms with van der Waals surface area (Å²) in [7, 11) is 3.86. The minimum absolute atomic E-state index is 0.0659. The number of nitrogens with zero attached hydrogens (tertiary/aromatic N) is 1. The van der Waals surface area contributed by atoms with Crippen LogP contribution in [0.5, 0.6) is 5.75 Å². The van der Waals surface area contributed by atoms with Crippen molar-refractivity contribution in [3.63, 3.8) is 0 Å². The zero-order chi connectivity index (χ0) is 14.4. The summed E-state index contributed by atoms with van der Waals surface area (Å²) in [6.07, 6.45) is 3.20. The van der Waals surface area contributed by atoms with Crippen LogP contribution in [0, 0.1) is 0 Å². The van der Waals surface area contributed by atoms with Crippen molar-refractivity contribution in [2.45, 2.75) is 31.3 Å². The quantitative estimate of drug-likeness (QED) is 0.895. The molecule has 0 aromatic heterocycles. The van der Waals surface area contributed by atoms with Gasteiger partial charge in [0.1, 0.15) is 5.75 Å². The van der Waals surface area contributed by atoms with Crippen molar-refractivity contribution in [2.75, 3.05) is 33.9 Å². The average molecular weight is 278 g/mol. The van der Waals surface area contributed by atoms with Gasteiger partial charge in [-0.1, -0.05) is 12.1 Å². The summed E-state index contributed by atoms with van der Waals surface area (Å²) in [5, 5.41) is 0. The van der Waals surface area contributed by atoms with Crippen LogP contribution in [0.15, 0.2) is 24.3 Å². The minimum atomic E-state index is 0.0659. The zero-order valence-corrected chi connectivity index (χ0v) is 12.6. The number of hydrogen-bond acceptors (Lipinski definition) is 4. The molecule has 0 amide bonds. The topological polar surface area (TPSA) is 47.7 Å². The molecule has 20 heavy (non-hydrogen) atoms. The van der Waals surface area contributed by atoms with Gasteiger partial charge < -0.3 is 15.2 Å². The lowest BCUT2D eigenvalue weighted by Crippen LogP contribution is -2.51. The lowest BCUT2D eigenvalue weighted by atomic mass is 9.88. The number of methoxy groups -OCH3 is 1. The molecule has 2 rings (SSSR count). The summed E-state index contributed by atoms with van der Waals surface area (Å²) >= 11 is 0.